The Bertz CT molecular complexity index is 427. The normalized spacial score (nSPS) is 10.7. The van der Waals surface area contributed by atoms with Gasteiger partial charge in [-0.15, -0.1) is 0 Å². The predicted octanol–water partition coefficient (Wildman–Crippen LogP) is -2.17. The summed E-state index contributed by atoms with van der Waals surface area (Å²) in [6, 6.07) is 0. The Balaban J connectivity index is -0.0000000835. The zero-order valence-corrected chi connectivity index (χ0v) is 12.2. The van der Waals surface area contributed by atoms with Crippen molar-refractivity contribution in [2.45, 2.75) is 0 Å². The van der Waals surface area contributed by atoms with Crippen LogP contribution in [0, 0.1) is 0 Å². The van der Waals surface area contributed by atoms with E-state index in [1.807, 2.05) is 0 Å². The summed E-state index contributed by atoms with van der Waals surface area (Å²) in [4.78, 5) is 0. The quantitative estimate of drug-likeness (QED) is 0.333. The highest BCUT2D eigenvalue weighted by atomic mass is 32.3. The van der Waals surface area contributed by atoms with Crippen LogP contribution >= 0.6 is 0 Å². The molecule has 0 amide bonds. The second-order valence-electron chi connectivity index (χ2n) is 1.64. The fourth-order valence-electron chi connectivity index (χ4n) is 0. The topological polar surface area (TPSA) is 222 Å². The van der Waals surface area contributed by atoms with E-state index in [-0.39, 0.29) is 0 Å². The first-order valence-electron chi connectivity index (χ1n) is 3.33. The van der Waals surface area contributed by atoms with Crippen LogP contribution in [0.15, 0.2) is 0 Å². The van der Waals surface area contributed by atoms with Crippen LogP contribution in [0.3, 0.4) is 0 Å². The zero-order chi connectivity index (χ0) is 16.9. The summed E-state index contributed by atoms with van der Waals surface area (Å²) in [5.41, 5.74) is 0. The van der Waals surface area contributed by atoms with Gasteiger partial charge in [-0.2, -0.15) is 25.3 Å². The first-order valence-corrected chi connectivity index (χ1v) is 7.45. The highest BCUT2D eigenvalue weighted by molar-refractivity contribution is 7.81. The van der Waals surface area contributed by atoms with Gasteiger partial charge in [-0.25, -0.2) is 0 Å². The van der Waals surface area contributed by atoms with Crippen LogP contribution in [0.4, 0.5) is 0 Å². The third-order valence-electron chi connectivity index (χ3n) is 0.421. The van der Waals surface area contributed by atoms with Crippen molar-refractivity contribution in [2.75, 3.05) is 21.3 Å². The third-order valence-corrected chi connectivity index (χ3v) is 1.26. The number of aliphatic hydroxyl groups is 1. The van der Waals surface area contributed by atoms with Crippen LogP contribution in [-0.2, 0) is 39.6 Å². The molecule has 0 unspecified atom stereocenters. The molecule has 5 N–H and O–H groups in total. The summed E-state index contributed by atoms with van der Waals surface area (Å²) in [6.45, 7) is 0. The molecule has 0 saturated carbocycles. The Labute approximate surface area is 110 Å². The molecule has 0 radical (unpaired) electrons. The van der Waals surface area contributed by atoms with Crippen molar-refractivity contribution in [3.63, 3.8) is 0 Å². The molecule has 13 nitrogen and oxygen atoms in total. The molecule has 122 valence electrons. The maximum atomic E-state index is 9.33. The van der Waals surface area contributed by atoms with E-state index in [1.54, 1.807) is 0 Å². The van der Waals surface area contributed by atoms with Gasteiger partial charge in [0, 0.05) is 7.11 Å². The van der Waals surface area contributed by atoms with E-state index in [0.717, 1.165) is 21.3 Å². The van der Waals surface area contributed by atoms with E-state index in [0.29, 0.717) is 0 Å². The Hall–Kier alpha value is -0.430. The molecule has 0 saturated heterocycles. The average Bonchev–Trinajstić information content (AvgIpc) is 2.17. The van der Waals surface area contributed by atoms with Gasteiger partial charge in [0.05, 0.1) is 14.2 Å². The first-order chi connectivity index (χ1) is 8.12. The van der Waals surface area contributed by atoms with Gasteiger partial charge in [0.2, 0.25) is 0 Å². The Morgan fingerprint density at radius 1 is 0.632 bits per heavy atom. The lowest BCUT2D eigenvalue weighted by Gasteiger charge is -1.82. The smallest absolute Gasteiger partial charge is 0.397 e. The van der Waals surface area contributed by atoms with Crippen LogP contribution in [0.1, 0.15) is 0 Å². The van der Waals surface area contributed by atoms with Gasteiger partial charge < -0.3 is 5.11 Å². The second-order valence-corrected chi connectivity index (χ2v) is 4.91. The molecule has 0 aromatic carbocycles. The van der Waals surface area contributed by atoms with Gasteiger partial charge >= 0.3 is 31.2 Å². The van der Waals surface area contributed by atoms with Crippen molar-refractivity contribution in [1.82, 2.24) is 0 Å². The van der Waals surface area contributed by atoms with E-state index < -0.39 is 31.2 Å². The molecule has 0 rings (SSSR count). The van der Waals surface area contributed by atoms with Gasteiger partial charge in [0.15, 0.2) is 0 Å². The van der Waals surface area contributed by atoms with E-state index in [4.69, 9.17) is 31.7 Å². The van der Waals surface area contributed by atoms with Gasteiger partial charge in [-0.3, -0.25) is 26.6 Å². The average molecular weight is 354 g/mol. The standard InChI is InChI=1S/2CH4O4S.CH4O.H2O4S/c2*1-5-6(2,3)4;1-2;1-5(2,3)4/h2*1H3,(H,2,3,4);2H,1H3;(H2,1,2,3,4). The van der Waals surface area contributed by atoms with E-state index in [9.17, 15) is 16.8 Å². The summed E-state index contributed by atoms with van der Waals surface area (Å²) in [5.74, 6) is 0. The minimum absolute atomic E-state index is 0.870. The molecule has 19 heavy (non-hydrogen) atoms. The fourth-order valence-corrected chi connectivity index (χ4v) is 0. The number of rotatable bonds is 2. The molecule has 16 heteroatoms. The lowest BCUT2D eigenvalue weighted by atomic mass is 11.8. The highest BCUT2D eigenvalue weighted by Gasteiger charge is 1.94. The molecule has 0 spiro atoms. The van der Waals surface area contributed by atoms with Gasteiger partial charge in [-0.05, 0) is 0 Å². The molecular weight excluding hydrogens is 340 g/mol. The first kappa shape index (κ1) is 27.0. The van der Waals surface area contributed by atoms with Crippen molar-refractivity contribution < 1.29 is 56.9 Å². The SMILES string of the molecule is CO.COS(=O)(=O)O.COS(=O)(=O)O.O=S(=O)(O)O. The number of hydrogen-bond donors (Lipinski definition) is 5. The Morgan fingerprint density at radius 2 is 0.684 bits per heavy atom. The number of aliphatic hydroxyl groups excluding tert-OH is 1. The predicted molar refractivity (Wildman–Crippen MR) is 59.4 cm³/mol. The molecule has 0 fully saturated rings. The summed E-state index contributed by atoms with van der Waals surface area (Å²) >= 11 is 0. The summed E-state index contributed by atoms with van der Waals surface area (Å²) in [7, 11) is -10.2. The summed E-state index contributed by atoms with van der Waals surface area (Å²) in [5, 5.41) is 7.00. The molecule has 0 aliphatic carbocycles. The van der Waals surface area contributed by atoms with Crippen molar-refractivity contribution in [2.24, 2.45) is 0 Å². The van der Waals surface area contributed by atoms with Crippen LogP contribution in [-0.4, -0.2) is 69.9 Å². The summed E-state index contributed by atoms with van der Waals surface area (Å²) < 4.78 is 91.0. The van der Waals surface area contributed by atoms with Crippen molar-refractivity contribution in [1.29, 1.82) is 0 Å². The molecule has 0 bridgehead atoms. The third kappa shape index (κ3) is 137. The maximum Gasteiger partial charge on any atom is 0.397 e. The molecule has 0 aliphatic heterocycles. The fraction of sp³-hybridized carbons (Fsp3) is 1.00. The Morgan fingerprint density at radius 3 is 0.684 bits per heavy atom. The summed E-state index contributed by atoms with van der Waals surface area (Å²) in [6.07, 6.45) is 0. The molecule has 0 aromatic rings. The van der Waals surface area contributed by atoms with Crippen LogP contribution in [0.5, 0.6) is 0 Å². The molecular formula is C3H14O13S3. The van der Waals surface area contributed by atoms with Crippen LogP contribution < -0.4 is 0 Å². The van der Waals surface area contributed by atoms with E-state index in [2.05, 4.69) is 8.37 Å². The minimum Gasteiger partial charge on any atom is -0.400 e. The lowest BCUT2D eigenvalue weighted by molar-refractivity contribution is 0.323. The minimum atomic E-state index is -4.67. The number of hydrogen-bond acceptors (Lipinski definition) is 9. The zero-order valence-electron chi connectivity index (χ0n) is 9.73. The van der Waals surface area contributed by atoms with Crippen molar-refractivity contribution >= 4 is 31.2 Å². The van der Waals surface area contributed by atoms with Crippen LogP contribution in [0.2, 0.25) is 0 Å². The second kappa shape index (κ2) is 12.6. The highest BCUT2D eigenvalue weighted by Crippen LogP contribution is 1.75. The maximum absolute atomic E-state index is 9.33. The van der Waals surface area contributed by atoms with Gasteiger partial charge in [0.1, 0.15) is 0 Å². The van der Waals surface area contributed by atoms with E-state index >= 15 is 0 Å². The molecule has 0 heterocycles. The molecule has 0 atom stereocenters. The molecule has 0 aromatic heterocycles. The van der Waals surface area contributed by atoms with Crippen molar-refractivity contribution in [3.8, 4) is 0 Å². The lowest BCUT2D eigenvalue weighted by Crippen LogP contribution is -1.96. The van der Waals surface area contributed by atoms with Crippen molar-refractivity contribution in [3.05, 3.63) is 0 Å². The Kier molecular flexibility index (Phi) is 17.9. The largest absolute Gasteiger partial charge is 0.400 e. The molecule has 0 aliphatic rings. The van der Waals surface area contributed by atoms with E-state index in [1.165, 1.54) is 0 Å². The van der Waals surface area contributed by atoms with Gasteiger partial charge in [-0.1, -0.05) is 0 Å². The van der Waals surface area contributed by atoms with Gasteiger partial charge in [0.25, 0.3) is 0 Å². The monoisotopic (exact) mass is 354 g/mol. The van der Waals surface area contributed by atoms with Crippen LogP contribution in [0.25, 0.3) is 0 Å².